The van der Waals surface area contributed by atoms with Gasteiger partial charge in [-0.25, -0.2) is 9.78 Å². The lowest BCUT2D eigenvalue weighted by atomic mass is 10.1. The van der Waals surface area contributed by atoms with Gasteiger partial charge in [0.2, 0.25) is 0 Å². The highest BCUT2D eigenvalue weighted by Crippen LogP contribution is 2.32. The fourth-order valence-electron chi connectivity index (χ4n) is 4.24. The maximum Gasteiger partial charge on any atom is 0.314 e. The molecule has 1 saturated heterocycles. The number of hydrogen-bond donors (Lipinski definition) is 2. The molecular weight excluding hydrogens is 432 g/mol. The summed E-state index contributed by atoms with van der Waals surface area (Å²) in [6, 6.07) is 13.4. The molecule has 1 fully saturated rings. The molecule has 4 N–H and O–H groups in total. The van der Waals surface area contributed by atoms with Crippen LogP contribution in [0.2, 0.25) is 0 Å². The number of Topliss-reactive ketones (excluding diaryl/α,β-unsaturated/α-hetero) is 1. The SMILES string of the molecule is CC(=O)c1c(N2CCN(C(N)=O)CC2)nc2c(-c3ccc(-c4ccccc4)nc3)cnn2c1N. The number of nitrogens with two attached hydrogens (primary N) is 2. The molecule has 2 amide bonds. The van der Waals surface area contributed by atoms with Gasteiger partial charge in [-0.1, -0.05) is 36.4 Å². The third-order valence-corrected chi connectivity index (χ3v) is 6.05. The Morgan fingerprint density at radius 1 is 0.941 bits per heavy atom. The van der Waals surface area contributed by atoms with Gasteiger partial charge in [-0.2, -0.15) is 9.61 Å². The molecule has 5 rings (SSSR count). The lowest BCUT2D eigenvalue weighted by Crippen LogP contribution is -2.51. The molecule has 0 spiro atoms. The predicted molar refractivity (Wildman–Crippen MR) is 129 cm³/mol. The number of pyridine rings is 1. The normalized spacial score (nSPS) is 13.9. The maximum absolute atomic E-state index is 12.5. The molecule has 0 aliphatic carbocycles. The second-order valence-electron chi connectivity index (χ2n) is 8.16. The van der Waals surface area contributed by atoms with Gasteiger partial charge in [-0.15, -0.1) is 0 Å². The molecule has 0 saturated carbocycles. The first kappa shape index (κ1) is 21.4. The van der Waals surface area contributed by atoms with Crippen LogP contribution in [-0.4, -0.2) is 62.5 Å². The summed E-state index contributed by atoms with van der Waals surface area (Å²) >= 11 is 0. The zero-order chi connectivity index (χ0) is 23.8. The molecule has 0 atom stereocenters. The molecule has 3 aromatic heterocycles. The van der Waals surface area contributed by atoms with Crippen LogP contribution >= 0.6 is 0 Å². The van der Waals surface area contributed by atoms with Crippen LogP contribution in [-0.2, 0) is 0 Å². The van der Waals surface area contributed by atoms with Crippen LogP contribution in [0.15, 0.2) is 54.9 Å². The Hall–Kier alpha value is -4.47. The van der Waals surface area contributed by atoms with Crippen LogP contribution in [0.5, 0.6) is 0 Å². The van der Waals surface area contributed by atoms with Crippen LogP contribution in [0.1, 0.15) is 17.3 Å². The molecule has 10 nitrogen and oxygen atoms in total. The lowest BCUT2D eigenvalue weighted by molar-refractivity contribution is 0.101. The molecule has 10 heteroatoms. The highest BCUT2D eigenvalue weighted by molar-refractivity contribution is 6.04. The number of carbonyl (C=O) groups excluding carboxylic acids is 2. The van der Waals surface area contributed by atoms with Gasteiger partial charge in [-0.3, -0.25) is 9.78 Å². The predicted octanol–water partition coefficient (Wildman–Crippen LogP) is 2.44. The summed E-state index contributed by atoms with van der Waals surface area (Å²) in [7, 11) is 0. The second kappa shape index (κ2) is 8.47. The number of aromatic nitrogens is 4. The maximum atomic E-state index is 12.5. The van der Waals surface area contributed by atoms with E-state index in [4.69, 9.17) is 16.5 Å². The van der Waals surface area contributed by atoms with Gasteiger partial charge in [0.15, 0.2) is 11.4 Å². The fraction of sp³-hybridized carbons (Fsp3) is 0.208. The quantitative estimate of drug-likeness (QED) is 0.450. The van der Waals surface area contributed by atoms with E-state index in [1.165, 1.54) is 11.4 Å². The summed E-state index contributed by atoms with van der Waals surface area (Å²) in [4.78, 5) is 37.0. The summed E-state index contributed by atoms with van der Waals surface area (Å²) in [6.45, 7) is 3.32. The van der Waals surface area contributed by atoms with Gasteiger partial charge >= 0.3 is 6.03 Å². The smallest absolute Gasteiger partial charge is 0.314 e. The number of ketones is 1. The number of anilines is 2. The molecule has 0 radical (unpaired) electrons. The van der Waals surface area contributed by atoms with Crippen LogP contribution < -0.4 is 16.4 Å². The number of nitrogens with zero attached hydrogens (tertiary/aromatic N) is 6. The van der Waals surface area contributed by atoms with Crippen molar-refractivity contribution in [1.29, 1.82) is 0 Å². The van der Waals surface area contributed by atoms with Crippen LogP contribution in [0, 0.1) is 0 Å². The van der Waals surface area contributed by atoms with Gasteiger partial charge in [-0.05, 0) is 13.0 Å². The van der Waals surface area contributed by atoms with Crippen LogP contribution in [0.25, 0.3) is 28.0 Å². The first-order valence-corrected chi connectivity index (χ1v) is 10.9. The Labute approximate surface area is 195 Å². The summed E-state index contributed by atoms with van der Waals surface area (Å²) in [5, 5.41) is 4.40. The molecule has 0 unspecified atom stereocenters. The number of primary amides is 1. The van der Waals surface area contributed by atoms with Gasteiger partial charge in [0.25, 0.3) is 0 Å². The van der Waals surface area contributed by atoms with Crippen molar-refractivity contribution in [1.82, 2.24) is 24.5 Å². The summed E-state index contributed by atoms with van der Waals surface area (Å²) in [6.07, 6.45) is 3.46. The standard InChI is InChI=1S/C24H24N8O2/c1-15(33)20-21(25)32-22(29-23(20)30-9-11-31(12-10-30)24(26)34)18(14-28-32)17-7-8-19(27-13-17)16-5-3-2-4-6-16/h2-8,13-14H,9-12,25H2,1H3,(H2,26,34). The van der Waals surface area contributed by atoms with Crippen molar-refractivity contribution in [3.8, 4) is 22.4 Å². The fourth-order valence-corrected chi connectivity index (χ4v) is 4.24. The van der Waals surface area contributed by atoms with Crippen molar-refractivity contribution in [3.05, 3.63) is 60.4 Å². The largest absolute Gasteiger partial charge is 0.383 e. The Kier molecular flexibility index (Phi) is 5.33. The first-order chi connectivity index (χ1) is 16.4. The van der Waals surface area contributed by atoms with E-state index in [-0.39, 0.29) is 11.6 Å². The van der Waals surface area contributed by atoms with Crippen molar-refractivity contribution >= 4 is 29.1 Å². The molecule has 1 aliphatic rings. The number of rotatable bonds is 4. The molecule has 4 heterocycles. The number of benzene rings is 1. The van der Waals surface area contributed by atoms with E-state index in [0.717, 1.165) is 22.4 Å². The van der Waals surface area contributed by atoms with Crippen molar-refractivity contribution < 1.29 is 9.59 Å². The Morgan fingerprint density at radius 2 is 1.68 bits per heavy atom. The first-order valence-electron chi connectivity index (χ1n) is 10.9. The third-order valence-electron chi connectivity index (χ3n) is 6.05. The van der Waals surface area contributed by atoms with Crippen molar-refractivity contribution in [3.63, 3.8) is 0 Å². The van der Waals surface area contributed by atoms with E-state index < -0.39 is 6.03 Å². The highest BCUT2D eigenvalue weighted by atomic mass is 16.2. The van der Waals surface area contributed by atoms with Gasteiger partial charge in [0, 0.05) is 49.1 Å². The zero-order valence-electron chi connectivity index (χ0n) is 18.7. The third kappa shape index (κ3) is 3.68. The van der Waals surface area contributed by atoms with E-state index in [1.54, 1.807) is 17.3 Å². The van der Waals surface area contributed by atoms with Gasteiger partial charge in [0.1, 0.15) is 17.2 Å². The van der Waals surface area contributed by atoms with E-state index >= 15 is 0 Å². The topological polar surface area (TPSA) is 136 Å². The minimum atomic E-state index is -0.459. The number of urea groups is 1. The average Bonchev–Trinajstić information content (AvgIpc) is 3.29. The summed E-state index contributed by atoms with van der Waals surface area (Å²) in [5.41, 5.74) is 16.1. The average molecular weight is 457 g/mol. The van der Waals surface area contributed by atoms with Crippen LogP contribution in [0.3, 0.4) is 0 Å². The molecule has 1 aromatic carbocycles. The second-order valence-corrected chi connectivity index (χ2v) is 8.16. The van der Waals surface area contributed by atoms with E-state index in [2.05, 4.69) is 10.1 Å². The molecule has 0 bridgehead atoms. The Morgan fingerprint density at radius 3 is 2.29 bits per heavy atom. The van der Waals surface area contributed by atoms with Crippen molar-refractivity contribution in [2.45, 2.75) is 6.92 Å². The lowest BCUT2D eigenvalue weighted by Gasteiger charge is -2.35. The van der Waals surface area contributed by atoms with Crippen molar-refractivity contribution in [2.24, 2.45) is 5.73 Å². The van der Waals surface area contributed by atoms with E-state index in [1.807, 2.05) is 47.4 Å². The zero-order valence-corrected chi connectivity index (χ0v) is 18.7. The van der Waals surface area contributed by atoms with Gasteiger partial charge in [0.05, 0.1) is 11.9 Å². The summed E-state index contributed by atoms with van der Waals surface area (Å²) < 4.78 is 1.49. The van der Waals surface area contributed by atoms with Crippen molar-refractivity contribution in [2.75, 3.05) is 36.8 Å². The number of piperazine rings is 1. The van der Waals surface area contributed by atoms with E-state index in [9.17, 15) is 9.59 Å². The Balaban J connectivity index is 1.56. The molecule has 4 aromatic rings. The molecule has 172 valence electrons. The van der Waals surface area contributed by atoms with Crippen LogP contribution in [0.4, 0.5) is 16.4 Å². The molecule has 34 heavy (non-hydrogen) atoms. The Bertz CT molecular complexity index is 1370. The highest BCUT2D eigenvalue weighted by Gasteiger charge is 2.27. The van der Waals surface area contributed by atoms with Gasteiger partial charge < -0.3 is 21.3 Å². The minimum absolute atomic E-state index is 0.204. The molecule has 1 aliphatic heterocycles. The number of carbonyl (C=O) groups is 2. The number of fused-ring (bicyclic) bond motifs is 1. The minimum Gasteiger partial charge on any atom is -0.383 e. The number of nitrogen functional groups attached to an aromatic ring is 1. The number of amides is 2. The number of hydrogen-bond acceptors (Lipinski definition) is 7. The summed E-state index contributed by atoms with van der Waals surface area (Å²) in [5.74, 6) is 0.507. The van der Waals surface area contributed by atoms with E-state index in [0.29, 0.717) is 43.2 Å². The molecular formula is C24H24N8O2. The monoisotopic (exact) mass is 456 g/mol.